The molecule has 4 aromatic rings. The van der Waals surface area contributed by atoms with E-state index in [9.17, 15) is 0 Å². The third-order valence-corrected chi connectivity index (χ3v) is 7.12. The number of para-hydroxylation sites is 1. The minimum Gasteiger partial charge on any atom is -0.461 e. The van der Waals surface area contributed by atoms with Crippen LogP contribution in [0.4, 0.5) is 11.6 Å². The van der Waals surface area contributed by atoms with E-state index < -0.39 is 0 Å². The van der Waals surface area contributed by atoms with Crippen molar-refractivity contribution in [2.24, 2.45) is 5.92 Å². The molecule has 6 rings (SSSR count). The van der Waals surface area contributed by atoms with Crippen molar-refractivity contribution in [3.63, 3.8) is 0 Å². The van der Waals surface area contributed by atoms with Crippen LogP contribution in [0.5, 0.6) is 0 Å². The maximum atomic E-state index is 5.60. The van der Waals surface area contributed by atoms with Crippen LogP contribution >= 0.6 is 0 Å². The number of aromatic nitrogens is 4. The zero-order chi connectivity index (χ0) is 22.9. The third kappa shape index (κ3) is 4.14. The molecule has 0 amide bonds. The number of rotatable bonds is 5. The zero-order valence-electron chi connectivity index (χ0n) is 19.7. The molecule has 0 aliphatic carbocycles. The van der Waals surface area contributed by atoms with Crippen LogP contribution in [0.2, 0.25) is 0 Å². The minimum atomic E-state index is 0.611. The van der Waals surface area contributed by atoms with Crippen LogP contribution in [0.1, 0.15) is 25.3 Å². The molecular weight excluding hydrogens is 426 g/mol. The van der Waals surface area contributed by atoms with Crippen molar-refractivity contribution in [1.82, 2.24) is 24.5 Å². The van der Waals surface area contributed by atoms with E-state index in [0.29, 0.717) is 11.6 Å². The van der Waals surface area contributed by atoms with Crippen LogP contribution in [0.25, 0.3) is 17.2 Å². The first-order valence-corrected chi connectivity index (χ1v) is 12.3. The second-order valence-electron chi connectivity index (χ2n) is 9.50. The lowest BCUT2D eigenvalue weighted by molar-refractivity contribution is 0.250. The fourth-order valence-corrected chi connectivity index (χ4v) is 5.00. The Hall–Kier alpha value is -3.39. The molecule has 0 radical (unpaired) electrons. The maximum absolute atomic E-state index is 5.60. The van der Waals surface area contributed by atoms with Crippen LogP contribution in [-0.2, 0) is 6.54 Å². The Kier molecular flexibility index (Phi) is 5.66. The van der Waals surface area contributed by atoms with E-state index in [1.54, 1.807) is 6.26 Å². The van der Waals surface area contributed by atoms with Gasteiger partial charge < -0.3 is 14.2 Å². The Balaban J connectivity index is 1.26. The molecular formula is C26H31N7O. The van der Waals surface area contributed by atoms with Gasteiger partial charge in [0.15, 0.2) is 11.4 Å². The van der Waals surface area contributed by atoms with Gasteiger partial charge in [0.1, 0.15) is 0 Å². The highest BCUT2D eigenvalue weighted by molar-refractivity contribution is 5.58. The van der Waals surface area contributed by atoms with Crippen molar-refractivity contribution in [1.29, 1.82) is 0 Å². The quantitative estimate of drug-likeness (QED) is 0.450. The van der Waals surface area contributed by atoms with E-state index >= 15 is 0 Å². The van der Waals surface area contributed by atoms with Crippen LogP contribution in [-0.4, -0.2) is 63.8 Å². The third-order valence-electron chi connectivity index (χ3n) is 7.12. The van der Waals surface area contributed by atoms with Gasteiger partial charge in [-0.15, -0.1) is 5.10 Å². The molecule has 2 fully saturated rings. The molecule has 34 heavy (non-hydrogen) atoms. The molecule has 0 atom stereocenters. The van der Waals surface area contributed by atoms with Crippen LogP contribution in [0.15, 0.2) is 59.3 Å². The number of anilines is 2. The fraction of sp³-hybridized carbons (Fsp3) is 0.423. The van der Waals surface area contributed by atoms with Crippen LogP contribution in [0.3, 0.4) is 0 Å². The number of nitrogens with zero attached hydrogens (tertiary/aromatic N) is 7. The number of fused-ring (bicyclic) bond motifs is 1. The summed E-state index contributed by atoms with van der Waals surface area (Å²) in [5, 5.41) is 4.84. The smallest absolute Gasteiger partial charge is 0.228 e. The lowest BCUT2D eigenvalue weighted by Gasteiger charge is -2.36. The second kappa shape index (κ2) is 9.10. The molecule has 5 heterocycles. The van der Waals surface area contributed by atoms with Crippen molar-refractivity contribution >= 4 is 17.3 Å². The number of hydrogen-bond donors (Lipinski definition) is 0. The molecule has 0 bridgehead atoms. The van der Waals surface area contributed by atoms with Gasteiger partial charge in [0.05, 0.1) is 6.26 Å². The first kappa shape index (κ1) is 21.2. The Labute approximate surface area is 199 Å². The Morgan fingerprint density at radius 1 is 0.912 bits per heavy atom. The van der Waals surface area contributed by atoms with E-state index in [4.69, 9.17) is 19.5 Å². The summed E-state index contributed by atoms with van der Waals surface area (Å²) >= 11 is 0. The molecule has 0 saturated carbocycles. The molecule has 1 aromatic carbocycles. The largest absolute Gasteiger partial charge is 0.461 e. The van der Waals surface area contributed by atoms with Crippen molar-refractivity contribution in [2.45, 2.75) is 26.3 Å². The second-order valence-corrected chi connectivity index (χ2v) is 9.50. The van der Waals surface area contributed by atoms with Gasteiger partial charge in [-0.25, -0.2) is 9.97 Å². The van der Waals surface area contributed by atoms with E-state index in [-0.39, 0.29) is 0 Å². The van der Waals surface area contributed by atoms with Gasteiger partial charge in [0.25, 0.3) is 0 Å². The molecule has 0 spiro atoms. The number of piperidine rings is 1. The predicted octanol–water partition coefficient (Wildman–Crippen LogP) is 3.94. The average Bonchev–Trinajstić information content (AvgIpc) is 3.57. The van der Waals surface area contributed by atoms with Crippen LogP contribution in [0, 0.1) is 5.92 Å². The minimum absolute atomic E-state index is 0.611. The van der Waals surface area contributed by atoms with Gasteiger partial charge in [-0.2, -0.15) is 4.52 Å². The summed E-state index contributed by atoms with van der Waals surface area (Å²) in [5.41, 5.74) is 3.28. The first-order valence-electron chi connectivity index (χ1n) is 12.3. The fourth-order valence-electron chi connectivity index (χ4n) is 5.00. The van der Waals surface area contributed by atoms with Gasteiger partial charge in [-0.1, -0.05) is 25.1 Å². The zero-order valence-corrected chi connectivity index (χ0v) is 19.7. The number of furan rings is 1. The SMILES string of the molecule is CC1CCN(c2ncc(CN3CCN(c4ccccc4)CC3)c3nc(-c4ccco4)nn23)CC1. The highest BCUT2D eigenvalue weighted by Crippen LogP contribution is 2.26. The molecule has 2 saturated heterocycles. The monoisotopic (exact) mass is 457 g/mol. The Morgan fingerprint density at radius 3 is 2.44 bits per heavy atom. The molecule has 2 aliphatic rings. The highest BCUT2D eigenvalue weighted by atomic mass is 16.3. The molecule has 0 unspecified atom stereocenters. The molecule has 0 N–H and O–H groups in total. The van der Waals surface area contributed by atoms with E-state index in [0.717, 1.165) is 68.9 Å². The van der Waals surface area contributed by atoms with Crippen molar-refractivity contribution in [3.8, 4) is 11.6 Å². The molecule has 176 valence electrons. The normalized spacial score (nSPS) is 18.1. The summed E-state index contributed by atoms with van der Waals surface area (Å²) in [6, 6.07) is 14.5. The number of piperazine rings is 1. The summed E-state index contributed by atoms with van der Waals surface area (Å²) in [6.45, 7) is 9.18. The van der Waals surface area contributed by atoms with Gasteiger partial charge in [0.2, 0.25) is 11.8 Å². The Bertz CT molecular complexity index is 1220. The summed E-state index contributed by atoms with van der Waals surface area (Å²) < 4.78 is 7.54. The van der Waals surface area contributed by atoms with Crippen LogP contribution < -0.4 is 9.80 Å². The maximum Gasteiger partial charge on any atom is 0.228 e. The standard InChI is InChI=1S/C26H31N7O/c1-20-9-11-32(12-10-20)26-27-18-21(25-28-24(29-33(25)26)23-8-5-17-34-23)19-30-13-15-31(16-14-30)22-6-3-2-4-7-22/h2-8,17-18,20H,9-16,19H2,1H3. The average molecular weight is 458 g/mol. The number of benzene rings is 1. The molecule has 8 heteroatoms. The number of hydrogen-bond acceptors (Lipinski definition) is 7. The molecule has 3 aromatic heterocycles. The lowest BCUT2D eigenvalue weighted by Crippen LogP contribution is -2.46. The Morgan fingerprint density at radius 2 is 1.71 bits per heavy atom. The van der Waals surface area contributed by atoms with Crippen molar-refractivity contribution in [2.75, 3.05) is 49.1 Å². The van der Waals surface area contributed by atoms with E-state index in [2.05, 4.69) is 52.0 Å². The van der Waals surface area contributed by atoms with Crippen molar-refractivity contribution < 1.29 is 4.42 Å². The summed E-state index contributed by atoms with van der Waals surface area (Å²) in [6.07, 6.45) is 6.03. The summed E-state index contributed by atoms with van der Waals surface area (Å²) in [4.78, 5) is 17.1. The predicted molar refractivity (Wildman–Crippen MR) is 133 cm³/mol. The van der Waals surface area contributed by atoms with E-state index in [1.807, 2.05) is 22.8 Å². The molecule has 2 aliphatic heterocycles. The highest BCUT2D eigenvalue weighted by Gasteiger charge is 2.24. The lowest BCUT2D eigenvalue weighted by atomic mass is 10.00. The van der Waals surface area contributed by atoms with Crippen molar-refractivity contribution in [3.05, 3.63) is 60.5 Å². The van der Waals surface area contributed by atoms with E-state index in [1.165, 1.54) is 18.5 Å². The van der Waals surface area contributed by atoms with Gasteiger partial charge in [-0.05, 0) is 43.0 Å². The summed E-state index contributed by atoms with van der Waals surface area (Å²) in [5.74, 6) is 2.93. The molecule has 8 nitrogen and oxygen atoms in total. The van der Waals surface area contributed by atoms with Gasteiger partial charge in [-0.3, -0.25) is 4.90 Å². The topological polar surface area (TPSA) is 65.9 Å². The first-order chi connectivity index (χ1) is 16.7. The summed E-state index contributed by atoms with van der Waals surface area (Å²) in [7, 11) is 0. The van der Waals surface area contributed by atoms with Gasteiger partial charge in [0, 0.05) is 63.3 Å². The van der Waals surface area contributed by atoms with Gasteiger partial charge >= 0.3 is 0 Å².